The molecule has 0 bridgehead atoms. The summed E-state index contributed by atoms with van der Waals surface area (Å²) < 4.78 is 4.85. The van der Waals surface area contributed by atoms with Crippen molar-refractivity contribution in [2.75, 3.05) is 5.88 Å². The van der Waals surface area contributed by atoms with Crippen molar-refractivity contribution in [3.05, 3.63) is 24.2 Å². The Bertz CT molecular complexity index is 150. The van der Waals surface area contributed by atoms with Crippen LogP contribution in [0.4, 0.5) is 0 Å². The molecule has 0 aliphatic rings. The van der Waals surface area contributed by atoms with Crippen LogP contribution in [0.15, 0.2) is 23.0 Å². The zero-order valence-corrected chi connectivity index (χ0v) is 5.90. The highest BCUT2D eigenvalue weighted by Crippen LogP contribution is 1.97. The van der Waals surface area contributed by atoms with Crippen LogP contribution in [0.5, 0.6) is 0 Å². The van der Waals surface area contributed by atoms with Crippen LogP contribution in [-0.4, -0.2) is 5.88 Å². The summed E-state index contributed by atoms with van der Waals surface area (Å²) in [7, 11) is 0. The van der Waals surface area contributed by atoms with Crippen molar-refractivity contribution in [3.8, 4) is 0 Å². The average molecular weight is 143 g/mol. The molecule has 0 aliphatic carbocycles. The van der Waals surface area contributed by atoms with E-state index >= 15 is 0 Å². The van der Waals surface area contributed by atoms with Crippen molar-refractivity contribution in [2.45, 2.75) is 6.54 Å². The first-order valence-corrected chi connectivity index (χ1v) is 3.39. The summed E-state index contributed by atoms with van der Waals surface area (Å²) in [5, 5.41) is 3.05. The fourth-order valence-electron chi connectivity index (χ4n) is 0.593. The molecule has 3 heteroatoms. The highest BCUT2D eigenvalue weighted by molar-refractivity contribution is 7.80. The number of hydrogen-bond acceptors (Lipinski definition) is 3. The Hall–Kier alpha value is -0.410. The summed E-state index contributed by atoms with van der Waals surface area (Å²) in [5.74, 6) is 0.700. The zero-order chi connectivity index (χ0) is 6.53. The normalized spacial score (nSPS) is 9.89. The van der Waals surface area contributed by atoms with Gasteiger partial charge in [-0.1, -0.05) is 0 Å². The molecule has 50 valence electrons. The fraction of sp³-hybridized carbons (Fsp3) is 0.333. The van der Waals surface area contributed by atoms with Crippen LogP contribution in [0, 0.1) is 0 Å². The SMILES string of the molecule is SCNCc1ccoc1. The van der Waals surface area contributed by atoms with E-state index in [1.54, 1.807) is 12.5 Å². The van der Waals surface area contributed by atoms with Gasteiger partial charge in [0.05, 0.1) is 12.5 Å². The molecule has 0 amide bonds. The van der Waals surface area contributed by atoms with Crippen molar-refractivity contribution >= 4 is 12.6 Å². The molecule has 0 atom stereocenters. The van der Waals surface area contributed by atoms with E-state index in [1.807, 2.05) is 6.07 Å². The molecule has 0 saturated heterocycles. The molecule has 0 aliphatic heterocycles. The van der Waals surface area contributed by atoms with Crippen molar-refractivity contribution < 1.29 is 4.42 Å². The van der Waals surface area contributed by atoms with Crippen LogP contribution >= 0.6 is 12.6 Å². The fourth-order valence-corrected chi connectivity index (χ4v) is 0.705. The third-order valence-corrected chi connectivity index (χ3v) is 1.24. The topological polar surface area (TPSA) is 25.2 Å². The molecule has 2 nitrogen and oxygen atoms in total. The quantitative estimate of drug-likeness (QED) is 0.492. The molecule has 1 heterocycles. The van der Waals surface area contributed by atoms with Crippen LogP contribution in [0.1, 0.15) is 5.56 Å². The maximum Gasteiger partial charge on any atom is 0.0947 e. The standard InChI is InChI=1S/C6H9NOS/c9-5-7-3-6-1-2-8-4-6/h1-2,4,7,9H,3,5H2. The van der Waals surface area contributed by atoms with Crippen LogP contribution in [0.3, 0.4) is 0 Å². The highest BCUT2D eigenvalue weighted by atomic mass is 32.1. The number of furan rings is 1. The van der Waals surface area contributed by atoms with E-state index in [4.69, 9.17) is 4.42 Å². The molecule has 0 spiro atoms. The summed E-state index contributed by atoms with van der Waals surface area (Å²) in [6.45, 7) is 0.833. The first kappa shape index (κ1) is 6.71. The van der Waals surface area contributed by atoms with Gasteiger partial charge in [0, 0.05) is 18.0 Å². The van der Waals surface area contributed by atoms with Gasteiger partial charge in [-0.25, -0.2) is 0 Å². The third-order valence-electron chi connectivity index (χ3n) is 1.02. The Morgan fingerprint density at radius 2 is 2.56 bits per heavy atom. The Kier molecular flexibility index (Phi) is 2.67. The van der Waals surface area contributed by atoms with Gasteiger partial charge in [0.1, 0.15) is 0 Å². The lowest BCUT2D eigenvalue weighted by Crippen LogP contribution is -2.09. The minimum absolute atomic E-state index is 0.700. The zero-order valence-electron chi connectivity index (χ0n) is 5.00. The second-order valence-corrected chi connectivity index (χ2v) is 2.03. The van der Waals surface area contributed by atoms with Crippen LogP contribution in [0.2, 0.25) is 0 Å². The molecular formula is C6H9NOS. The molecule has 1 N–H and O–H groups in total. The van der Waals surface area contributed by atoms with E-state index < -0.39 is 0 Å². The minimum atomic E-state index is 0.700. The first-order chi connectivity index (χ1) is 4.43. The van der Waals surface area contributed by atoms with E-state index in [0.29, 0.717) is 5.88 Å². The van der Waals surface area contributed by atoms with Gasteiger partial charge in [0.25, 0.3) is 0 Å². The summed E-state index contributed by atoms with van der Waals surface area (Å²) in [5.41, 5.74) is 1.16. The average Bonchev–Trinajstić information content (AvgIpc) is 2.34. The van der Waals surface area contributed by atoms with Crippen LogP contribution in [-0.2, 0) is 6.54 Å². The van der Waals surface area contributed by atoms with Gasteiger partial charge >= 0.3 is 0 Å². The van der Waals surface area contributed by atoms with Gasteiger partial charge in [-0.2, -0.15) is 12.6 Å². The predicted octanol–water partition coefficient (Wildman–Crippen LogP) is 1.26. The minimum Gasteiger partial charge on any atom is -0.472 e. The lowest BCUT2D eigenvalue weighted by atomic mass is 10.3. The van der Waals surface area contributed by atoms with E-state index in [9.17, 15) is 0 Å². The van der Waals surface area contributed by atoms with Crippen molar-refractivity contribution in [1.29, 1.82) is 0 Å². The molecule has 0 radical (unpaired) electrons. The molecular weight excluding hydrogens is 134 g/mol. The smallest absolute Gasteiger partial charge is 0.0947 e. The largest absolute Gasteiger partial charge is 0.472 e. The molecule has 0 fully saturated rings. The molecule has 0 saturated carbocycles. The summed E-state index contributed by atoms with van der Waals surface area (Å²) >= 11 is 3.99. The van der Waals surface area contributed by atoms with Gasteiger partial charge in [-0.05, 0) is 6.07 Å². The molecule has 1 rings (SSSR count). The number of rotatable bonds is 3. The van der Waals surface area contributed by atoms with E-state index in [1.165, 1.54) is 0 Å². The monoisotopic (exact) mass is 143 g/mol. The van der Waals surface area contributed by atoms with Gasteiger partial charge in [0.15, 0.2) is 0 Å². The van der Waals surface area contributed by atoms with Crippen LogP contribution in [0.25, 0.3) is 0 Å². The second-order valence-electron chi connectivity index (χ2n) is 1.72. The van der Waals surface area contributed by atoms with Gasteiger partial charge in [0.2, 0.25) is 0 Å². The van der Waals surface area contributed by atoms with Crippen molar-refractivity contribution in [3.63, 3.8) is 0 Å². The highest BCUT2D eigenvalue weighted by Gasteiger charge is 1.89. The van der Waals surface area contributed by atoms with E-state index in [-0.39, 0.29) is 0 Å². The van der Waals surface area contributed by atoms with Gasteiger partial charge in [-0.3, -0.25) is 0 Å². The lowest BCUT2D eigenvalue weighted by Gasteiger charge is -1.93. The molecule has 1 aromatic heterocycles. The maximum atomic E-state index is 4.85. The molecule has 1 aromatic rings. The number of hydrogen-bond donors (Lipinski definition) is 2. The Labute approximate surface area is 59.7 Å². The molecule has 0 aromatic carbocycles. The maximum absolute atomic E-state index is 4.85. The third kappa shape index (κ3) is 2.11. The summed E-state index contributed by atoms with van der Waals surface area (Å²) in [6, 6.07) is 1.93. The number of nitrogens with one attached hydrogen (secondary N) is 1. The first-order valence-electron chi connectivity index (χ1n) is 2.76. The summed E-state index contributed by atoms with van der Waals surface area (Å²) in [4.78, 5) is 0. The van der Waals surface area contributed by atoms with Crippen molar-refractivity contribution in [2.24, 2.45) is 0 Å². The van der Waals surface area contributed by atoms with Gasteiger partial charge < -0.3 is 9.73 Å². The predicted molar refractivity (Wildman–Crippen MR) is 39.4 cm³/mol. The molecule has 0 unspecified atom stereocenters. The number of thiol groups is 1. The lowest BCUT2D eigenvalue weighted by molar-refractivity contribution is 0.562. The summed E-state index contributed by atoms with van der Waals surface area (Å²) in [6.07, 6.45) is 3.38. The van der Waals surface area contributed by atoms with E-state index in [0.717, 1.165) is 12.1 Å². The Balaban J connectivity index is 2.30. The van der Waals surface area contributed by atoms with Gasteiger partial charge in [-0.15, -0.1) is 0 Å². The van der Waals surface area contributed by atoms with Crippen LogP contribution < -0.4 is 5.32 Å². The molecule has 9 heavy (non-hydrogen) atoms. The van der Waals surface area contributed by atoms with E-state index in [2.05, 4.69) is 17.9 Å². The van der Waals surface area contributed by atoms with Crippen molar-refractivity contribution in [1.82, 2.24) is 5.32 Å². The second kappa shape index (κ2) is 3.58. The Morgan fingerprint density at radius 3 is 3.11 bits per heavy atom. The Morgan fingerprint density at radius 1 is 1.67 bits per heavy atom.